The van der Waals surface area contributed by atoms with Crippen molar-refractivity contribution in [3.63, 3.8) is 0 Å². The Kier molecular flexibility index (Phi) is 2.03. The molecule has 60 valence electrons. The Morgan fingerprint density at radius 1 is 1.33 bits per heavy atom. The van der Waals surface area contributed by atoms with Crippen LogP contribution in [0.2, 0.25) is 0 Å². The van der Waals surface area contributed by atoms with Gasteiger partial charge in [-0.15, -0.1) is 0 Å². The molecule has 0 amide bonds. The predicted molar refractivity (Wildman–Crippen MR) is 52.3 cm³/mol. The van der Waals surface area contributed by atoms with Gasteiger partial charge in [0.15, 0.2) is 5.82 Å². The van der Waals surface area contributed by atoms with E-state index in [0.717, 1.165) is 15.0 Å². The maximum atomic E-state index is 4.04. The van der Waals surface area contributed by atoms with E-state index in [4.69, 9.17) is 0 Å². The predicted octanol–water partition coefficient (Wildman–Crippen LogP) is 1.47. The van der Waals surface area contributed by atoms with Crippen molar-refractivity contribution in [1.29, 1.82) is 0 Å². The van der Waals surface area contributed by atoms with Gasteiger partial charge in [0.2, 0.25) is 0 Å². The maximum absolute atomic E-state index is 4.04. The number of nitrogens with zero attached hydrogens (tertiary/aromatic N) is 3. The van der Waals surface area contributed by atoms with Crippen molar-refractivity contribution < 1.29 is 0 Å². The third-order valence-corrected chi connectivity index (χ3v) is 1.98. The van der Waals surface area contributed by atoms with Gasteiger partial charge in [0, 0.05) is 21.5 Å². The minimum atomic E-state index is 0.751. The smallest absolute Gasteiger partial charge is 0.157 e. The molecule has 0 radical (unpaired) electrons. The lowest BCUT2D eigenvalue weighted by Gasteiger charge is -1.94. The average Bonchev–Trinajstić information content (AvgIpc) is 2.56. The summed E-state index contributed by atoms with van der Waals surface area (Å²) in [5.41, 5.74) is 0.958. The second kappa shape index (κ2) is 3.18. The molecule has 5 heteroatoms. The van der Waals surface area contributed by atoms with Crippen LogP contribution in [-0.4, -0.2) is 20.2 Å². The van der Waals surface area contributed by atoms with Crippen LogP contribution >= 0.6 is 22.6 Å². The molecule has 2 aromatic heterocycles. The molecule has 0 aliphatic rings. The van der Waals surface area contributed by atoms with Crippen molar-refractivity contribution in [3.05, 3.63) is 28.4 Å². The Morgan fingerprint density at radius 3 is 2.92 bits per heavy atom. The fourth-order valence-corrected chi connectivity index (χ4v) is 1.38. The van der Waals surface area contributed by atoms with E-state index in [2.05, 4.69) is 42.8 Å². The van der Waals surface area contributed by atoms with Crippen molar-refractivity contribution >= 4 is 22.6 Å². The van der Waals surface area contributed by atoms with E-state index < -0.39 is 0 Å². The van der Waals surface area contributed by atoms with E-state index in [0.29, 0.717) is 0 Å². The average molecular weight is 272 g/mol. The summed E-state index contributed by atoms with van der Waals surface area (Å²) in [6.45, 7) is 0. The minimum Gasteiger partial charge on any atom is -0.263 e. The zero-order chi connectivity index (χ0) is 8.39. The van der Waals surface area contributed by atoms with Gasteiger partial charge in [-0.1, -0.05) is 0 Å². The second-order valence-corrected chi connectivity index (χ2v) is 3.47. The molecule has 2 aromatic rings. The Balaban J connectivity index is 2.48. The molecule has 12 heavy (non-hydrogen) atoms. The first kappa shape index (κ1) is 7.66. The quantitative estimate of drug-likeness (QED) is 0.800. The van der Waals surface area contributed by atoms with Crippen LogP contribution in [0.25, 0.3) is 11.4 Å². The number of pyridine rings is 1. The fraction of sp³-hybridized carbons (Fsp3) is 0. The summed E-state index contributed by atoms with van der Waals surface area (Å²) in [4.78, 5) is 8.06. The Bertz CT molecular complexity index is 371. The lowest BCUT2D eigenvalue weighted by Crippen LogP contribution is -1.83. The van der Waals surface area contributed by atoms with Crippen LogP contribution in [0.15, 0.2) is 24.8 Å². The largest absolute Gasteiger partial charge is 0.263 e. The Morgan fingerprint density at radius 2 is 2.25 bits per heavy atom. The lowest BCUT2D eigenvalue weighted by atomic mass is 10.3. The van der Waals surface area contributed by atoms with Gasteiger partial charge in [-0.05, 0) is 28.7 Å². The van der Waals surface area contributed by atoms with Crippen molar-refractivity contribution in [2.45, 2.75) is 0 Å². The molecule has 4 nitrogen and oxygen atoms in total. The van der Waals surface area contributed by atoms with Gasteiger partial charge >= 0.3 is 0 Å². The normalized spacial score (nSPS) is 10.1. The second-order valence-electron chi connectivity index (χ2n) is 2.23. The third-order valence-electron chi connectivity index (χ3n) is 1.39. The molecule has 0 fully saturated rings. The van der Waals surface area contributed by atoms with Crippen molar-refractivity contribution in [2.75, 3.05) is 0 Å². The van der Waals surface area contributed by atoms with Crippen molar-refractivity contribution in [3.8, 4) is 11.4 Å². The SMILES string of the molecule is Ic1cncc(-c2ncn[nH]2)c1. The minimum absolute atomic E-state index is 0.751. The lowest BCUT2D eigenvalue weighted by molar-refractivity contribution is 1.09. The number of hydrogen-bond acceptors (Lipinski definition) is 3. The summed E-state index contributed by atoms with van der Waals surface area (Å²) in [5.74, 6) is 0.751. The van der Waals surface area contributed by atoms with Gasteiger partial charge in [-0.2, -0.15) is 5.10 Å². The topological polar surface area (TPSA) is 54.5 Å². The first-order chi connectivity index (χ1) is 5.86. The van der Waals surface area contributed by atoms with Gasteiger partial charge in [-0.3, -0.25) is 10.1 Å². The highest BCUT2D eigenvalue weighted by Crippen LogP contribution is 2.14. The highest BCUT2D eigenvalue weighted by molar-refractivity contribution is 14.1. The summed E-state index contributed by atoms with van der Waals surface area (Å²) in [6, 6.07) is 1.99. The molecule has 2 heterocycles. The summed E-state index contributed by atoms with van der Waals surface area (Å²) in [7, 11) is 0. The third kappa shape index (κ3) is 1.45. The first-order valence-corrected chi connectivity index (χ1v) is 4.40. The van der Waals surface area contributed by atoms with Crippen LogP contribution in [0.1, 0.15) is 0 Å². The standard InChI is InChI=1S/C7H5IN4/c8-6-1-5(2-9-3-6)7-10-4-11-12-7/h1-4H,(H,10,11,12). The van der Waals surface area contributed by atoms with Gasteiger partial charge in [0.05, 0.1) is 0 Å². The summed E-state index contributed by atoms with van der Waals surface area (Å²) < 4.78 is 1.08. The zero-order valence-electron chi connectivity index (χ0n) is 6.03. The zero-order valence-corrected chi connectivity index (χ0v) is 8.19. The van der Waals surface area contributed by atoms with Gasteiger partial charge < -0.3 is 0 Å². The highest BCUT2D eigenvalue weighted by atomic mass is 127. The van der Waals surface area contributed by atoms with E-state index in [-0.39, 0.29) is 0 Å². The first-order valence-electron chi connectivity index (χ1n) is 3.32. The summed E-state index contributed by atoms with van der Waals surface area (Å²) in [5, 5.41) is 6.54. The molecule has 0 aliphatic carbocycles. The van der Waals surface area contributed by atoms with Gasteiger partial charge in [0.1, 0.15) is 6.33 Å². The number of nitrogens with one attached hydrogen (secondary N) is 1. The summed E-state index contributed by atoms with van der Waals surface area (Å²) in [6.07, 6.45) is 5.03. The van der Waals surface area contributed by atoms with Crippen molar-refractivity contribution in [2.24, 2.45) is 0 Å². The monoisotopic (exact) mass is 272 g/mol. The molecule has 0 bridgehead atoms. The van der Waals surface area contributed by atoms with Gasteiger partial charge in [-0.25, -0.2) is 4.98 Å². The molecular formula is C7H5IN4. The number of rotatable bonds is 1. The molecule has 1 N–H and O–H groups in total. The van der Waals surface area contributed by atoms with Gasteiger partial charge in [0.25, 0.3) is 0 Å². The van der Waals surface area contributed by atoms with Crippen LogP contribution in [-0.2, 0) is 0 Å². The number of H-pyrrole nitrogens is 1. The van der Waals surface area contributed by atoms with Crippen LogP contribution in [0.3, 0.4) is 0 Å². The molecule has 0 unspecified atom stereocenters. The molecule has 0 atom stereocenters. The molecule has 0 aromatic carbocycles. The molecule has 2 rings (SSSR count). The molecular weight excluding hydrogens is 267 g/mol. The maximum Gasteiger partial charge on any atom is 0.157 e. The number of hydrogen-bond donors (Lipinski definition) is 1. The fourth-order valence-electron chi connectivity index (χ4n) is 0.886. The Labute approximate surface area is 82.6 Å². The molecule has 0 spiro atoms. The van der Waals surface area contributed by atoms with Crippen LogP contribution in [0.5, 0.6) is 0 Å². The Hall–Kier alpha value is -0.980. The molecule has 0 saturated carbocycles. The van der Waals surface area contributed by atoms with Crippen LogP contribution < -0.4 is 0 Å². The van der Waals surface area contributed by atoms with E-state index in [1.807, 2.05) is 6.07 Å². The van der Waals surface area contributed by atoms with E-state index in [1.54, 1.807) is 12.4 Å². The van der Waals surface area contributed by atoms with E-state index in [9.17, 15) is 0 Å². The van der Waals surface area contributed by atoms with Crippen molar-refractivity contribution in [1.82, 2.24) is 20.2 Å². The van der Waals surface area contributed by atoms with Crippen LogP contribution in [0.4, 0.5) is 0 Å². The van der Waals surface area contributed by atoms with E-state index in [1.165, 1.54) is 6.33 Å². The molecule has 0 saturated heterocycles. The molecule has 0 aliphatic heterocycles. The van der Waals surface area contributed by atoms with Crippen LogP contribution in [0, 0.1) is 3.57 Å². The highest BCUT2D eigenvalue weighted by Gasteiger charge is 1.99. The number of aromatic amines is 1. The number of halogens is 1. The number of aromatic nitrogens is 4. The summed E-state index contributed by atoms with van der Waals surface area (Å²) >= 11 is 2.21. The van der Waals surface area contributed by atoms with E-state index >= 15 is 0 Å².